The Labute approximate surface area is 189 Å². The molecule has 164 valence electrons. The molecule has 0 atom stereocenters. The second-order valence-corrected chi connectivity index (χ2v) is 8.79. The number of benzene rings is 3. The minimum atomic E-state index is -0.890. The van der Waals surface area contributed by atoms with Crippen LogP contribution in [-0.4, -0.2) is 41.2 Å². The van der Waals surface area contributed by atoms with Gasteiger partial charge in [0.2, 0.25) is 0 Å². The van der Waals surface area contributed by atoms with Crippen molar-refractivity contribution < 1.29 is 9.90 Å². The topological polar surface area (TPSA) is 45.5 Å². The normalized spacial score (nSPS) is 11.6. The van der Waals surface area contributed by atoms with Crippen molar-refractivity contribution in [2.45, 2.75) is 26.3 Å². The van der Waals surface area contributed by atoms with E-state index in [1.165, 1.54) is 11.1 Å². The van der Waals surface area contributed by atoms with Crippen LogP contribution in [0.25, 0.3) is 10.9 Å². The van der Waals surface area contributed by atoms with Gasteiger partial charge >= 0.3 is 5.97 Å². The molecule has 0 spiro atoms. The number of aromatic nitrogens is 1. The number of carbonyl (C=O) groups is 1. The Bertz CT molecular complexity index is 1190. The lowest BCUT2D eigenvalue weighted by Gasteiger charge is -2.20. The minimum Gasteiger partial charge on any atom is -0.477 e. The van der Waals surface area contributed by atoms with Crippen molar-refractivity contribution in [2.24, 2.45) is 0 Å². The second kappa shape index (κ2) is 9.01. The molecule has 0 bridgehead atoms. The molecule has 0 unspecified atom stereocenters. The number of carboxylic acid groups (broad SMARTS) is 1. The first-order chi connectivity index (χ1) is 15.4. The van der Waals surface area contributed by atoms with E-state index in [-0.39, 0.29) is 5.92 Å². The van der Waals surface area contributed by atoms with Crippen molar-refractivity contribution in [2.75, 3.05) is 20.6 Å². The van der Waals surface area contributed by atoms with E-state index in [4.69, 9.17) is 0 Å². The summed E-state index contributed by atoms with van der Waals surface area (Å²) in [7, 11) is 4.02. The lowest BCUT2D eigenvalue weighted by molar-refractivity contribution is 0.0683. The summed E-state index contributed by atoms with van der Waals surface area (Å²) in [5, 5.41) is 11.4. The lowest BCUT2D eigenvalue weighted by Crippen LogP contribution is -2.21. The highest BCUT2D eigenvalue weighted by Crippen LogP contribution is 2.40. The number of rotatable bonds is 7. The summed E-state index contributed by atoms with van der Waals surface area (Å²) in [6.07, 6.45) is 0. The summed E-state index contributed by atoms with van der Waals surface area (Å²) >= 11 is 0. The van der Waals surface area contributed by atoms with Gasteiger partial charge in [-0.2, -0.15) is 0 Å². The maximum absolute atomic E-state index is 12.7. The van der Waals surface area contributed by atoms with Crippen LogP contribution in [0.15, 0.2) is 72.8 Å². The van der Waals surface area contributed by atoms with Crippen molar-refractivity contribution in [3.63, 3.8) is 0 Å². The number of nitrogens with zero attached hydrogens (tertiary/aromatic N) is 2. The van der Waals surface area contributed by atoms with Crippen molar-refractivity contribution in [1.82, 2.24) is 9.47 Å². The molecular formula is C28H30N2O2. The molecule has 4 nitrogen and oxygen atoms in total. The molecule has 0 aliphatic rings. The summed E-state index contributed by atoms with van der Waals surface area (Å²) in [5.74, 6) is -1.06. The fourth-order valence-electron chi connectivity index (χ4n) is 4.43. The van der Waals surface area contributed by atoms with E-state index in [0.717, 1.165) is 34.1 Å². The number of para-hydroxylation sites is 1. The smallest absolute Gasteiger partial charge is 0.352 e. The summed E-state index contributed by atoms with van der Waals surface area (Å²) in [6, 6.07) is 24.9. The Morgan fingerprint density at radius 1 is 0.875 bits per heavy atom. The van der Waals surface area contributed by atoms with Crippen molar-refractivity contribution >= 4 is 16.9 Å². The summed E-state index contributed by atoms with van der Waals surface area (Å²) in [6.45, 7) is 5.52. The zero-order chi connectivity index (χ0) is 22.8. The van der Waals surface area contributed by atoms with Crippen LogP contribution in [0.2, 0.25) is 0 Å². The molecule has 0 fully saturated rings. The minimum absolute atomic E-state index is 0.173. The standard InChI is InChI=1S/C28H30N2O2/c1-19-9-13-21(14-10-19)25(22-15-11-20(2)12-16-22)26-23-7-5-6-8-24(23)30(18-17-29(3)4)27(26)28(31)32/h5-16,25H,17-18H2,1-4H3,(H,31,32). The molecule has 0 amide bonds. The van der Waals surface area contributed by atoms with Crippen LogP contribution in [-0.2, 0) is 6.54 Å². The van der Waals surface area contributed by atoms with Crippen LogP contribution in [0, 0.1) is 13.8 Å². The number of aryl methyl sites for hydroxylation is 2. The van der Waals surface area contributed by atoms with Crippen LogP contribution >= 0.6 is 0 Å². The second-order valence-electron chi connectivity index (χ2n) is 8.79. The van der Waals surface area contributed by atoms with Gasteiger partial charge in [-0.3, -0.25) is 0 Å². The van der Waals surface area contributed by atoms with E-state index in [1.54, 1.807) is 0 Å². The Balaban J connectivity index is 2.04. The zero-order valence-electron chi connectivity index (χ0n) is 19.2. The molecule has 1 heterocycles. The number of hydrogen-bond donors (Lipinski definition) is 1. The van der Waals surface area contributed by atoms with E-state index in [9.17, 15) is 9.90 Å². The van der Waals surface area contributed by atoms with Crippen LogP contribution in [0.3, 0.4) is 0 Å². The Kier molecular flexibility index (Phi) is 6.15. The third-order valence-corrected chi connectivity index (χ3v) is 6.09. The van der Waals surface area contributed by atoms with Crippen LogP contribution in [0.1, 0.15) is 44.2 Å². The van der Waals surface area contributed by atoms with Gasteiger partial charge in [-0.15, -0.1) is 0 Å². The predicted octanol–water partition coefficient (Wildman–Crippen LogP) is 5.70. The lowest BCUT2D eigenvalue weighted by atomic mass is 9.83. The average Bonchev–Trinajstić information content (AvgIpc) is 3.09. The van der Waals surface area contributed by atoms with Gasteiger partial charge in [0.05, 0.1) is 0 Å². The van der Waals surface area contributed by atoms with Crippen LogP contribution in [0.5, 0.6) is 0 Å². The molecule has 0 saturated heterocycles. The van der Waals surface area contributed by atoms with E-state index >= 15 is 0 Å². The largest absolute Gasteiger partial charge is 0.477 e. The highest BCUT2D eigenvalue weighted by Gasteiger charge is 2.30. The molecule has 0 aliphatic carbocycles. The molecule has 4 aromatic rings. The number of hydrogen-bond acceptors (Lipinski definition) is 2. The number of fused-ring (bicyclic) bond motifs is 1. The third-order valence-electron chi connectivity index (χ3n) is 6.09. The maximum Gasteiger partial charge on any atom is 0.352 e. The highest BCUT2D eigenvalue weighted by molar-refractivity contribution is 5.99. The van der Waals surface area contributed by atoms with Crippen LogP contribution in [0.4, 0.5) is 0 Å². The Hall–Kier alpha value is -3.37. The summed E-state index contributed by atoms with van der Waals surface area (Å²) in [4.78, 5) is 14.8. The molecule has 4 rings (SSSR count). The SMILES string of the molecule is Cc1ccc(C(c2ccc(C)cc2)c2c(C(=O)O)n(CCN(C)C)c3ccccc23)cc1. The van der Waals surface area contributed by atoms with Crippen molar-refractivity contribution in [3.8, 4) is 0 Å². The first kappa shape index (κ1) is 21.8. The number of likely N-dealkylation sites (N-methyl/N-ethyl adjacent to an activating group) is 1. The van der Waals surface area contributed by atoms with Crippen LogP contribution < -0.4 is 0 Å². The summed E-state index contributed by atoms with van der Waals surface area (Å²) in [5.41, 5.74) is 6.76. The van der Waals surface area contributed by atoms with E-state index in [0.29, 0.717) is 12.2 Å². The van der Waals surface area contributed by atoms with Gasteiger partial charge in [0.15, 0.2) is 0 Å². The molecule has 0 aliphatic heterocycles. The summed E-state index contributed by atoms with van der Waals surface area (Å²) < 4.78 is 1.97. The van der Waals surface area contributed by atoms with E-state index in [2.05, 4.69) is 73.3 Å². The third kappa shape index (κ3) is 4.19. The Morgan fingerprint density at radius 2 is 1.41 bits per heavy atom. The van der Waals surface area contributed by atoms with Crippen molar-refractivity contribution in [1.29, 1.82) is 0 Å². The first-order valence-electron chi connectivity index (χ1n) is 11.0. The zero-order valence-corrected chi connectivity index (χ0v) is 19.2. The molecule has 4 heteroatoms. The Morgan fingerprint density at radius 3 is 1.91 bits per heavy atom. The number of aromatic carboxylic acids is 1. The maximum atomic E-state index is 12.7. The highest BCUT2D eigenvalue weighted by atomic mass is 16.4. The fraction of sp³-hybridized carbons (Fsp3) is 0.250. The predicted molar refractivity (Wildman–Crippen MR) is 131 cm³/mol. The average molecular weight is 427 g/mol. The van der Waals surface area contributed by atoms with Gasteiger partial charge in [-0.1, -0.05) is 77.9 Å². The molecule has 1 aromatic heterocycles. The van der Waals surface area contributed by atoms with Gasteiger partial charge in [0.1, 0.15) is 5.69 Å². The van der Waals surface area contributed by atoms with Gasteiger partial charge in [0, 0.05) is 35.5 Å². The molecule has 32 heavy (non-hydrogen) atoms. The molecular weight excluding hydrogens is 396 g/mol. The molecule has 3 aromatic carbocycles. The molecule has 1 N–H and O–H groups in total. The van der Waals surface area contributed by atoms with E-state index < -0.39 is 5.97 Å². The van der Waals surface area contributed by atoms with Gasteiger partial charge in [-0.05, 0) is 45.1 Å². The van der Waals surface area contributed by atoms with Gasteiger partial charge in [0.25, 0.3) is 0 Å². The molecule has 0 saturated carbocycles. The number of carboxylic acids is 1. The first-order valence-corrected chi connectivity index (χ1v) is 11.0. The fourth-order valence-corrected chi connectivity index (χ4v) is 4.43. The molecule has 0 radical (unpaired) electrons. The van der Waals surface area contributed by atoms with Gasteiger partial charge in [-0.25, -0.2) is 4.79 Å². The van der Waals surface area contributed by atoms with Gasteiger partial charge < -0.3 is 14.6 Å². The van der Waals surface area contributed by atoms with E-state index in [1.807, 2.05) is 36.9 Å². The quantitative estimate of drug-likeness (QED) is 0.412. The monoisotopic (exact) mass is 426 g/mol. The van der Waals surface area contributed by atoms with Crippen molar-refractivity contribution in [3.05, 3.63) is 106 Å².